The van der Waals surface area contributed by atoms with Gasteiger partial charge in [0.1, 0.15) is 5.75 Å². The lowest BCUT2D eigenvalue weighted by atomic mass is 9.93. The van der Waals surface area contributed by atoms with Gasteiger partial charge >= 0.3 is 5.97 Å². The largest absolute Gasteiger partial charge is 0.491 e. The number of carbonyl (C=O) groups excluding carboxylic acids is 2. The lowest BCUT2D eigenvalue weighted by Crippen LogP contribution is -2.42. The molecule has 5 nitrogen and oxygen atoms in total. The number of esters is 1. The second-order valence-electron chi connectivity index (χ2n) is 6.81. The average Bonchev–Trinajstić information content (AvgIpc) is 2.62. The van der Waals surface area contributed by atoms with Gasteiger partial charge in [-0.25, -0.2) is 0 Å². The van der Waals surface area contributed by atoms with Crippen LogP contribution in [0.25, 0.3) is 0 Å². The van der Waals surface area contributed by atoms with E-state index >= 15 is 0 Å². The topological polar surface area (TPSA) is 55.8 Å². The molecule has 0 N–H and O–H groups in total. The van der Waals surface area contributed by atoms with Crippen molar-refractivity contribution in [1.29, 1.82) is 0 Å². The van der Waals surface area contributed by atoms with Crippen molar-refractivity contribution in [3.05, 3.63) is 29.8 Å². The van der Waals surface area contributed by atoms with Crippen molar-refractivity contribution < 1.29 is 19.1 Å². The molecular formula is C20H29NO4. The predicted molar refractivity (Wildman–Crippen MR) is 96.7 cm³/mol. The molecule has 1 aromatic rings. The van der Waals surface area contributed by atoms with E-state index in [4.69, 9.17) is 9.47 Å². The number of amides is 1. The molecule has 2 rings (SSSR count). The third-order valence-electron chi connectivity index (χ3n) is 4.53. The first kappa shape index (κ1) is 19.3. The third kappa shape index (κ3) is 5.76. The first-order valence-corrected chi connectivity index (χ1v) is 9.15. The first-order chi connectivity index (χ1) is 12.0. The van der Waals surface area contributed by atoms with Crippen molar-refractivity contribution in [3.8, 4) is 5.75 Å². The number of rotatable bonds is 7. The minimum Gasteiger partial charge on any atom is -0.491 e. The van der Waals surface area contributed by atoms with Crippen molar-refractivity contribution >= 4 is 11.9 Å². The number of hydrogen-bond acceptors (Lipinski definition) is 4. The lowest BCUT2D eigenvalue weighted by molar-refractivity contribution is -0.140. The molecule has 0 unspecified atom stereocenters. The van der Waals surface area contributed by atoms with Gasteiger partial charge in [0.25, 0.3) is 5.91 Å². The second kappa shape index (κ2) is 9.44. The number of methoxy groups -OCH3 is 1. The van der Waals surface area contributed by atoms with E-state index in [0.717, 1.165) is 31.4 Å². The summed E-state index contributed by atoms with van der Waals surface area (Å²) in [5.74, 6) is 0.450. The number of hydrogen-bond donors (Lipinski definition) is 0. The van der Waals surface area contributed by atoms with Gasteiger partial charge in [0.2, 0.25) is 0 Å². The molecule has 1 aliphatic rings. The Hall–Kier alpha value is -2.04. The van der Waals surface area contributed by atoms with Crippen LogP contribution in [-0.4, -0.2) is 42.6 Å². The molecule has 1 aromatic carbocycles. The number of nitrogens with zero attached hydrogens (tertiary/aromatic N) is 1. The summed E-state index contributed by atoms with van der Waals surface area (Å²) in [7, 11) is 1.38. The SMILES string of the molecule is COC(=O)CCN(C(=O)c1ccc(OC(C)C)cc1)C1CCCCC1. The summed E-state index contributed by atoms with van der Waals surface area (Å²) in [4.78, 5) is 26.4. The summed E-state index contributed by atoms with van der Waals surface area (Å²) in [5, 5.41) is 0. The van der Waals surface area contributed by atoms with Gasteiger partial charge in [-0.2, -0.15) is 0 Å². The fourth-order valence-electron chi connectivity index (χ4n) is 3.27. The summed E-state index contributed by atoms with van der Waals surface area (Å²) in [6, 6.07) is 7.46. The summed E-state index contributed by atoms with van der Waals surface area (Å²) in [5.41, 5.74) is 0.631. The van der Waals surface area contributed by atoms with E-state index < -0.39 is 0 Å². The maximum absolute atomic E-state index is 13.0. The minimum absolute atomic E-state index is 0.0214. The Morgan fingerprint density at radius 2 is 1.76 bits per heavy atom. The fourth-order valence-corrected chi connectivity index (χ4v) is 3.27. The summed E-state index contributed by atoms with van der Waals surface area (Å²) in [6.07, 6.45) is 5.81. The van der Waals surface area contributed by atoms with Crippen LogP contribution in [-0.2, 0) is 9.53 Å². The summed E-state index contributed by atoms with van der Waals surface area (Å²) in [6.45, 7) is 4.34. The number of carbonyl (C=O) groups is 2. The van der Waals surface area contributed by atoms with Crippen molar-refractivity contribution in [3.63, 3.8) is 0 Å². The zero-order chi connectivity index (χ0) is 18.2. The normalized spacial score (nSPS) is 15.0. The molecule has 0 aliphatic heterocycles. The molecule has 138 valence electrons. The van der Waals surface area contributed by atoms with Crippen molar-refractivity contribution in [1.82, 2.24) is 4.90 Å². The van der Waals surface area contributed by atoms with Gasteiger partial charge in [0.15, 0.2) is 0 Å². The Bertz CT molecular complexity index is 562. The standard InChI is InChI=1S/C20H29NO4/c1-15(2)25-18-11-9-16(10-12-18)20(23)21(14-13-19(22)24-3)17-7-5-4-6-8-17/h9-12,15,17H,4-8,13-14H2,1-3H3. The van der Waals surface area contributed by atoms with Gasteiger partial charge in [0, 0.05) is 18.2 Å². The van der Waals surface area contributed by atoms with Gasteiger partial charge in [-0.15, -0.1) is 0 Å². The molecule has 0 atom stereocenters. The van der Waals surface area contributed by atoms with Crippen LogP contribution in [0.4, 0.5) is 0 Å². The van der Waals surface area contributed by atoms with Crippen molar-refractivity contribution in [2.24, 2.45) is 0 Å². The minimum atomic E-state index is -0.283. The van der Waals surface area contributed by atoms with Crippen LogP contribution in [0.1, 0.15) is 62.7 Å². The first-order valence-electron chi connectivity index (χ1n) is 9.15. The highest BCUT2D eigenvalue weighted by Gasteiger charge is 2.26. The van der Waals surface area contributed by atoms with E-state index in [0.29, 0.717) is 12.1 Å². The highest BCUT2D eigenvalue weighted by Crippen LogP contribution is 2.25. The predicted octanol–water partition coefficient (Wildman–Crippen LogP) is 3.81. The van der Waals surface area contributed by atoms with Crippen LogP contribution in [0.3, 0.4) is 0 Å². The average molecular weight is 347 g/mol. The zero-order valence-electron chi connectivity index (χ0n) is 15.5. The Morgan fingerprint density at radius 1 is 1.12 bits per heavy atom. The molecule has 25 heavy (non-hydrogen) atoms. The van der Waals surface area contributed by atoms with Crippen molar-refractivity contribution in [2.45, 2.75) is 64.5 Å². The Labute approximate surface area is 150 Å². The van der Waals surface area contributed by atoms with Crippen LogP contribution in [0.15, 0.2) is 24.3 Å². The quantitative estimate of drug-likeness (QED) is 0.704. The highest BCUT2D eigenvalue weighted by atomic mass is 16.5. The smallest absolute Gasteiger partial charge is 0.307 e. The molecule has 0 bridgehead atoms. The fraction of sp³-hybridized carbons (Fsp3) is 0.600. The van der Waals surface area contributed by atoms with E-state index in [-0.39, 0.29) is 30.4 Å². The van der Waals surface area contributed by atoms with Gasteiger partial charge in [0.05, 0.1) is 19.6 Å². The molecule has 0 spiro atoms. The second-order valence-corrected chi connectivity index (χ2v) is 6.81. The molecule has 1 saturated carbocycles. The molecule has 1 amide bonds. The monoisotopic (exact) mass is 347 g/mol. The van der Waals surface area contributed by atoms with Crippen LogP contribution in [0.2, 0.25) is 0 Å². The number of benzene rings is 1. The molecule has 1 fully saturated rings. The molecule has 0 saturated heterocycles. The zero-order valence-corrected chi connectivity index (χ0v) is 15.5. The van der Waals surface area contributed by atoms with E-state index in [2.05, 4.69) is 0 Å². The highest BCUT2D eigenvalue weighted by molar-refractivity contribution is 5.94. The summed E-state index contributed by atoms with van der Waals surface area (Å²) < 4.78 is 10.4. The third-order valence-corrected chi connectivity index (χ3v) is 4.53. The van der Waals surface area contributed by atoms with Gasteiger partial charge < -0.3 is 14.4 Å². The summed E-state index contributed by atoms with van der Waals surface area (Å²) >= 11 is 0. The van der Waals surface area contributed by atoms with Gasteiger partial charge in [-0.3, -0.25) is 9.59 Å². The maximum atomic E-state index is 13.0. The molecular weight excluding hydrogens is 318 g/mol. The van der Waals surface area contributed by atoms with Crippen LogP contribution >= 0.6 is 0 Å². The van der Waals surface area contributed by atoms with E-state index in [1.807, 2.05) is 30.9 Å². The van der Waals surface area contributed by atoms with E-state index in [1.54, 1.807) is 12.1 Å². The van der Waals surface area contributed by atoms with E-state index in [9.17, 15) is 9.59 Å². The molecule has 1 aliphatic carbocycles. The van der Waals surface area contributed by atoms with Crippen LogP contribution in [0.5, 0.6) is 5.75 Å². The molecule has 0 aromatic heterocycles. The van der Waals surface area contributed by atoms with E-state index in [1.165, 1.54) is 13.5 Å². The van der Waals surface area contributed by atoms with Gasteiger partial charge in [-0.05, 0) is 51.0 Å². The Balaban J connectivity index is 2.11. The van der Waals surface area contributed by atoms with Crippen molar-refractivity contribution in [2.75, 3.05) is 13.7 Å². The lowest BCUT2D eigenvalue weighted by Gasteiger charge is -2.34. The maximum Gasteiger partial charge on any atom is 0.307 e. The number of ether oxygens (including phenoxy) is 2. The van der Waals surface area contributed by atoms with Crippen LogP contribution in [0, 0.1) is 0 Å². The Morgan fingerprint density at radius 3 is 2.32 bits per heavy atom. The van der Waals surface area contributed by atoms with Gasteiger partial charge in [-0.1, -0.05) is 19.3 Å². The van der Waals surface area contributed by atoms with Crippen LogP contribution < -0.4 is 4.74 Å². The molecule has 5 heteroatoms. The molecule has 0 heterocycles. The molecule has 0 radical (unpaired) electrons. The Kier molecular flexibility index (Phi) is 7.29.